The quantitative estimate of drug-likeness (QED) is 0.861. The molecule has 102 valence electrons. The molecule has 0 amide bonds. The smallest absolute Gasteiger partial charge is 0.133 e. The van der Waals surface area contributed by atoms with Crippen LogP contribution >= 0.6 is 15.9 Å². The van der Waals surface area contributed by atoms with E-state index in [1.807, 2.05) is 13.1 Å². The number of hydrogen-bond donors (Lipinski definition) is 1. The van der Waals surface area contributed by atoms with Crippen LogP contribution in [0.3, 0.4) is 0 Å². The van der Waals surface area contributed by atoms with Crippen LogP contribution in [0.15, 0.2) is 22.7 Å². The summed E-state index contributed by atoms with van der Waals surface area (Å²) in [5.41, 5.74) is 1.57. The molecule has 0 saturated heterocycles. The van der Waals surface area contributed by atoms with Crippen LogP contribution in [0.25, 0.3) is 0 Å². The van der Waals surface area contributed by atoms with Gasteiger partial charge in [0.2, 0.25) is 0 Å². The molecule has 0 spiro atoms. The molecule has 0 radical (unpaired) electrons. The molecule has 0 aliphatic carbocycles. The maximum absolute atomic E-state index is 5.81. The van der Waals surface area contributed by atoms with Gasteiger partial charge in [0.05, 0.1) is 11.1 Å². The topological polar surface area (TPSA) is 21.3 Å². The fourth-order valence-corrected chi connectivity index (χ4v) is 2.05. The second kappa shape index (κ2) is 6.58. The van der Waals surface area contributed by atoms with Gasteiger partial charge in [-0.1, -0.05) is 26.8 Å². The van der Waals surface area contributed by atoms with Gasteiger partial charge in [-0.15, -0.1) is 0 Å². The summed E-state index contributed by atoms with van der Waals surface area (Å²) >= 11 is 3.57. The first-order chi connectivity index (χ1) is 8.33. The second-order valence-electron chi connectivity index (χ2n) is 5.86. The van der Waals surface area contributed by atoms with Crippen molar-refractivity contribution in [3.63, 3.8) is 0 Å². The molecule has 18 heavy (non-hydrogen) atoms. The van der Waals surface area contributed by atoms with Crippen molar-refractivity contribution in [2.75, 3.05) is 13.7 Å². The molecule has 1 aromatic carbocycles. The molecule has 2 nitrogen and oxygen atoms in total. The Morgan fingerprint density at radius 1 is 1.33 bits per heavy atom. The lowest BCUT2D eigenvalue weighted by atomic mass is 9.93. The van der Waals surface area contributed by atoms with Gasteiger partial charge in [-0.25, -0.2) is 0 Å². The molecule has 0 aliphatic rings. The SMILES string of the molecule is CNC(C)c1ccc(OCCC(C)(C)C)c(Br)c1. The zero-order chi connectivity index (χ0) is 13.8. The van der Waals surface area contributed by atoms with Gasteiger partial charge in [-0.2, -0.15) is 0 Å². The van der Waals surface area contributed by atoms with Gasteiger partial charge in [0.25, 0.3) is 0 Å². The van der Waals surface area contributed by atoms with Crippen molar-refractivity contribution in [2.24, 2.45) is 5.41 Å². The van der Waals surface area contributed by atoms with Crippen molar-refractivity contribution in [2.45, 2.75) is 40.2 Å². The minimum absolute atomic E-state index is 0.313. The largest absolute Gasteiger partial charge is 0.492 e. The van der Waals surface area contributed by atoms with E-state index in [-0.39, 0.29) is 0 Å². The number of ether oxygens (including phenoxy) is 1. The van der Waals surface area contributed by atoms with Crippen molar-refractivity contribution < 1.29 is 4.74 Å². The van der Waals surface area contributed by atoms with Gasteiger partial charge in [-0.3, -0.25) is 0 Å². The highest BCUT2D eigenvalue weighted by molar-refractivity contribution is 9.10. The first-order valence-electron chi connectivity index (χ1n) is 6.43. The Labute approximate surface area is 119 Å². The Hall–Kier alpha value is -0.540. The maximum Gasteiger partial charge on any atom is 0.133 e. The van der Waals surface area contributed by atoms with Gasteiger partial charge < -0.3 is 10.1 Å². The van der Waals surface area contributed by atoms with E-state index in [0.29, 0.717) is 11.5 Å². The lowest BCUT2D eigenvalue weighted by Gasteiger charge is -2.19. The third kappa shape index (κ3) is 4.99. The molecule has 1 N–H and O–H groups in total. The van der Waals surface area contributed by atoms with E-state index in [2.05, 4.69) is 61.1 Å². The summed E-state index contributed by atoms with van der Waals surface area (Å²) in [5.74, 6) is 0.923. The molecule has 1 rings (SSSR count). The van der Waals surface area contributed by atoms with E-state index in [0.717, 1.165) is 23.2 Å². The maximum atomic E-state index is 5.81. The normalized spacial score (nSPS) is 13.4. The lowest BCUT2D eigenvalue weighted by molar-refractivity contribution is 0.242. The van der Waals surface area contributed by atoms with Crippen molar-refractivity contribution in [3.05, 3.63) is 28.2 Å². The minimum Gasteiger partial charge on any atom is -0.492 e. The third-order valence-corrected chi connectivity index (χ3v) is 3.62. The standard InChI is InChI=1S/C15H24BrNO/c1-11(17-5)12-6-7-14(13(16)10-12)18-9-8-15(2,3)4/h6-7,10-11,17H,8-9H2,1-5H3. The van der Waals surface area contributed by atoms with Crippen molar-refractivity contribution in [1.82, 2.24) is 5.32 Å². The third-order valence-electron chi connectivity index (χ3n) is 3.00. The molecular weight excluding hydrogens is 290 g/mol. The lowest BCUT2D eigenvalue weighted by Crippen LogP contribution is -2.13. The summed E-state index contributed by atoms with van der Waals surface area (Å²) in [6.45, 7) is 9.57. The van der Waals surface area contributed by atoms with Crippen LogP contribution in [0, 0.1) is 5.41 Å². The van der Waals surface area contributed by atoms with Crippen LogP contribution in [-0.2, 0) is 0 Å². The number of hydrogen-bond acceptors (Lipinski definition) is 2. The van der Waals surface area contributed by atoms with Crippen LogP contribution in [0.5, 0.6) is 5.75 Å². The Bertz CT molecular complexity index is 385. The van der Waals surface area contributed by atoms with Gasteiger partial charge in [-0.05, 0) is 59.4 Å². The Kier molecular flexibility index (Phi) is 5.67. The van der Waals surface area contributed by atoms with Crippen molar-refractivity contribution in [3.8, 4) is 5.75 Å². The van der Waals surface area contributed by atoms with E-state index >= 15 is 0 Å². The summed E-state index contributed by atoms with van der Waals surface area (Å²) in [6.07, 6.45) is 1.05. The fourth-order valence-electron chi connectivity index (χ4n) is 1.54. The number of halogens is 1. The second-order valence-corrected chi connectivity index (χ2v) is 6.71. The molecule has 1 atom stereocenters. The molecule has 0 bridgehead atoms. The average Bonchev–Trinajstić information content (AvgIpc) is 2.28. The van der Waals surface area contributed by atoms with Gasteiger partial charge in [0, 0.05) is 6.04 Å². The Morgan fingerprint density at radius 3 is 2.50 bits per heavy atom. The zero-order valence-electron chi connectivity index (χ0n) is 12.0. The average molecular weight is 314 g/mol. The molecule has 1 unspecified atom stereocenters. The first kappa shape index (κ1) is 15.5. The van der Waals surface area contributed by atoms with Gasteiger partial charge >= 0.3 is 0 Å². The Balaban J connectivity index is 2.63. The van der Waals surface area contributed by atoms with E-state index in [4.69, 9.17) is 4.74 Å². The summed E-state index contributed by atoms with van der Waals surface area (Å²) in [7, 11) is 1.96. The van der Waals surface area contributed by atoms with Gasteiger partial charge in [0.1, 0.15) is 5.75 Å². The molecule has 0 fully saturated rings. The predicted molar refractivity (Wildman–Crippen MR) is 81.2 cm³/mol. The molecule has 0 aromatic heterocycles. The molecule has 0 saturated carbocycles. The number of rotatable bonds is 5. The molecule has 3 heteroatoms. The summed E-state index contributed by atoms with van der Waals surface area (Å²) in [4.78, 5) is 0. The summed E-state index contributed by atoms with van der Waals surface area (Å²) < 4.78 is 6.84. The van der Waals surface area contributed by atoms with Gasteiger partial charge in [0.15, 0.2) is 0 Å². The zero-order valence-corrected chi connectivity index (χ0v) is 13.6. The molecule has 0 aliphatic heterocycles. The van der Waals surface area contributed by atoms with E-state index < -0.39 is 0 Å². The van der Waals surface area contributed by atoms with E-state index in [1.165, 1.54) is 5.56 Å². The highest BCUT2D eigenvalue weighted by atomic mass is 79.9. The fraction of sp³-hybridized carbons (Fsp3) is 0.600. The Morgan fingerprint density at radius 2 is 2.00 bits per heavy atom. The molecule has 1 aromatic rings. The minimum atomic E-state index is 0.313. The van der Waals surface area contributed by atoms with E-state index in [1.54, 1.807) is 0 Å². The van der Waals surface area contributed by atoms with Crippen LogP contribution < -0.4 is 10.1 Å². The number of nitrogens with one attached hydrogen (secondary N) is 1. The van der Waals surface area contributed by atoms with E-state index in [9.17, 15) is 0 Å². The van der Waals surface area contributed by atoms with Crippen LogP contribution in [0.2, 0.25) is 0 Å². The van der Waals surface area contributed by atoms with Crippen molar-refractivity contribution in [1.29, 1.82) is 0 Å². The van der Waals surface area contributed by atoms with Crippen LogP contribution in [-0.4, -0.2) is 13.7 Å². The first-order valence-corrected chi connectivity index (χ1v) is 7.22. The van der Waals surface area contributed by atoms with Crippen LogP contribution in [0.1, 0.15) is 45.7 Å². The summed E-state index contributed by atoms with van der Waals surface area (Å²) in [6, 6.07) is 6.62. The highest BCUT2D eigenvalue weighted by Gasteiger charge is 2.11. The number of benzene rings is 1. The van der Waals surface area contributed by atoms with Crippen LogP contribution in [0.4, 0.5) is 0 Å². The van der Waals surface area contributed by atoms with Crippen molar-refractivity contribution >= 4 is 15.9 Å². The predicted octanol–water partition coefficient (Wildman–Crippen LogP) is 4.54. The molecule has 0 heterocycles. The monoisotopic (exact) mass is 313 g/mol. The molecular formula is C15H24BrNO. The summed E-state index contributed by atoms with van der Waals surface area (Å²) in [5, 5.41) is 3.23. The highest BCUT2D eigenvalue weighted by Crippen LogP contribution is 2.29.